The SMILES string of the molecule is CNc1ccccc1C(=O)O[C@@H]1C[C@H](N2C=NC3C(=O)NC(N)NC32)O[C@@H]1COP(=O)(O)O. The Labute approximate surface area is 188 Å². The molecule has 7 N–H and O–H groups in total. The van der Waals surface area contributed by atoms with E-state index in [1.807, 2.05) is 0 Å². The molecule has 3 aliphatic heterocycles. The van der Waals surface area contributed by atoms with Crippen LogP contribution >= 0.6 is 7.82 Å². The van der Waals surface area contributed by atoms with Crippen molar-refractivity contribution in [2.75, 3.05) is 19.0 Å². The van der Waals surface area contributed by atoms with Crippen LogP contribution in [0.4, 0.5) is 5.69 Å². The molecule has 15 heteroatoms. The highest BCUT2D eigenvalue weighted by Gasteiger charge is 2.48. The molecule has 0 aliphatic carbocycles. The summed E-state index contributed by atoms with van der Waals surface area (Å²) in [5.41, 5.74) is 6.65. The molecule has 1 aromatic carbocycles. The maximum Gasteiger partial charge on any atom is 0.469 e. The van der Waals surface area contributed by atoms with E-state index in [-0.39, 0.29) is 17.9 Å². The van der Waals surface area contributed by atoms with Crippen LogP contribution in [-0.4, -0.2) is 83.5 Å². The molecule has 6 atom stereocenters. The van der Waals surface area contributed by atoms with Gasteiger partial charge in [-0.25, -0.2) is 9.36 Å². The summed E-state index contributed by atoms with van der Waals surface area (Å²) < 4.78 is 27.4. The number of para-hydroxylation sites is 1. The average Bonchev–Trinajstić information content (AvgIpc) is 3.35. The second-order valence-corrected chi connectivity index (χ2v) is 8.88. The lowest BCUT2D eigenvalue weighted by Gasteiger charge is -2.37. The van der Waals surface area contributed by atoms with E-state index >= 15 is 0 Å². The maximum atomic E-state index is 12.8. The molecule has 0 aromatic heterocycles. The molecular formula is C18H25N6O8P. The highest BCUT2D eigenvalue weighted by molar-refractivity contribution is 7.46. The van der Waals surface area contributed by atoms with Crippen molar-refractivity contribution in [3.05, 3.63) is 29.8 Å². The molecule has 0 radical (unpaired) electrons. The van der Waals surface area contributed by atoms with Gasteiger partial charge in [0.1, 0.15) is 30.9 Å². The number of nitrogens with zero attached hydrogens (tertiary/aromatic N) is 2. The van der Waals surface area contributed by atoms with E-state index in [1.54, 1.807) is 36.2 Å². The first-order valence-corrected chi connectivity index (χ1v) is 11.7. The first-order valence-electron chi connectivity index (χ1n) is 10.1. The van der Waals surface area contributed by atoms with E-state index in [2.05, 4.69) is 25.5 Å². The number of phosphoric ester groups is 1. The number of carbonyl (C=O) groups is 2. The smallest absolute Gasteiger partial charge is 0.456 e. The minimum atomic E-state index is -4.79. The third-order valence-corrected chi connectivity index (χ3v) is 5.98. The zero-order valence-corrected chi connectivity index (χ0v) is 18.4. The van der Waals surface area contributed by atoms with Gasteiger partial charge in [-0.3, -0.25) is 25.4 Å². The van der Waals surface area contributed by atoms with Crippen molar-refractivity contribution in [3.63, 3.8) is 0 Å². The molecule has 0 saturated carbocycles. The van der Waals surface area contributed by atoms with Crippen LogP contribution in [0, 0.1) is 0 Å². The molecule has 4 rings (SSSR count). The molecule has 3 unspecified atom stereocenters. The van der Waals surface area contributed by atoms with E-state index in [0.29, 0.717) is 5.69 Å². The lowest BCUT2D eigenvalue weighted by atomic mass is 10.1. The zero-order valence-electron chi connectivity index (χ0n) is 17.5. The molecule has 3 aliphatic rings. The lowest BCUT2D eigenvalue weighted by Crippen LogP contribution is -2.69. The number of carbonyl (C=O) groups excluding carboxylic acids is 2. The van der Waals surface area contributed by atoms with Gasteiger partial charge in [0.2, 0.25) is 0 Å². The third kappa shape index (κ3) is 5.17. The number of amides is 1. The number of hydrogen-bond acceptors (Lipinski definition) is 11. The highest BCUT2D eigenvalue weighted by Crippen LogP contribution is 2.38. The number of phosphoric acid groups is 1. The van der Waals surface area contributed by atoms with Crippen LogP contribution in [0.25, 0.3) is 0 Å². The maximum absolute atomic E-state index is 12.8. The van der Waals surface area contributed by atoms with Crippen LogP contribution in [0.2, 0.25) is 0 Å². The van der Waals surface area contributed by atoms with Crippen LogP contribution in [0.3, 0.4) is 0 Å². The van der Waals surface area contributed by atoms with E-state index in [1.165, 1.54) is 6.34 Å². The van der Waals surface area contributed by atoms with Gasteiger partial charge in [-0.05, 0) is 12.1 Å². The number of aliphatic imine (C=N–C) groups is 1. The minimum Gasteiger partial charge on any atom is -0.456 e. The van der Waals surface area contributed by atoms with Crippen LogP contribution in [-0.2, 0) is 23.4 Å². The van der Waals surface area contributed by atoms with Crippen LogP contribution < -0.4 is 21.7 Å². The van der Waals surface area contributed by atoms with Crippen molar-refractivity contribution in [2.45, 2.75) is 43.4 Å². The first-order chi connectivity index (χ1) is 15.7. The second-order valence-electron chi connectivity index (χ2n) is 7.64. The molecule has 2 fully saturated rings. The first kappa shape index (κ1) is 23.6. The topological polar surface area (TPSA) is 197 Å². The Bertz CT molecular complexity index is 988. The molecule has 0 spiro atoms. The number of esters is 1. The van der Waals surface area contributed by atoms with Crippen molar-refractivity contribution in [1.82, 2.24) is 15.5 Å². The third-order valence-electron chi connectivity index (χ3n) is 5.49. The van der Waals surface area contributed by atoms with Crippen LogP contribution in [0.5, 0.6) is 0 Å². The van der Waals surface area contributed by atoms with E-state index in [0.717, 1.165) is 0 Å². The Balaban J connectivity index is 1.51. The Kier molecular flexibility index (Phi) is 6.68. The Morgan fingerprint density at radius 2 is 2.18 bits per heavy atom. The average molecular weight is 484 g/mol. The van der Waals surface area contributed by atoms with E-state index < -0.39 is 57.3 Å². The van der Waals surface area contributed by atoms with Gasteiger partial charge in [0, 0.05) is 19.2 Å². The zero-order chi connectivity index (χ0) is 23.8. The molecule has 33 heavy (non-hydrogen) atoms. The Hall–Kier alpha value is -2.58. The summed E-state index contributed by atoms with van der Waals surface area (Å²) in [5, 5.41) is 8.44. The number of ether oxygens (including phenoxy) is 2. The number of benzene rings is 1. The Morgan fingerprint density at radius 1 is 1.42 bits per heavy atom. The summed E-state index contributed by atoms with van der Waals surface area (Å²) in [5.74, 6) is -0.989. The normalized spacial score (nSPS) is 31.3. The summed E-state index contributed by atoms with van der Waals surface area (Å²) in [6, 6.07) is 6.00. The lowest BCUT2D eigenvalue weighted by molar-refractivity contribution is -0.129. The van der Waals surface area contributed by atoms with E-state index in [9.17, 15) is 14.2 Å². The highest BCUT2D eigenvalue weighted by atomic mass is 31.2. The molecule has 2 saturated heterocycles. The van der Waals surface area contributed by atoms with Crippen LogP contribution in [0.15, 0.2) is 29.3 Å². The largest absolute Gasteiger partial charge is 0.469 e. The van der Waals surface area contributed by atoms with Gasteiger partial charge in [-0.2, -0.15) is 0 Å². The summed E-state index contributed by atoms with van der Waals surface area (Å²) in [4.78, 5) is 49.0. The van der Waals surface area contributed by atoms with Gasteiger partial charge in [0.05, 0.1) is 18.5 Å². The van der Waals surface area contributed by atoms with Gasteiger partial charge in [0.25, 0.3) is 5.91 Å². The summed E-state index contributed by atoms with van der Waals surface area (Å²) in [6.07, 6.45) is -2.41. The molecule has 1 aromatic rings. The second kappa shape index (κ2) is 9.35. The quantitative estimate of drug-likeness (QED) is 0.193. The summed E-state index contributed by atoms with van der Waals surface area (Å²) in [7, 11) is -3.12. The van der Waals surface area contributed by atoms with Gasteiger partial charge in [-0.1, -0.05) is 12.1 Å². The number of nitrogens with one attached hydrogen (secondary N) is 3. The fourth-order valence-electron chi connectivity index (χ4n) is 3.98. The van der Waals surface area contributed by atoms with Gasteiger partial charge < -0.3 is 34.8 Å². The minimum absolute atomic E-state index is 0.135. The predicted octanol–water partition coefficient (Wildman–Crippen LogP) is -1.52. The van der Waals surface area contributed by atoms with Crippen molar-refractivity contribution in [2.24, 2.45) is 10.7 Å². The van der Waals surface area contributed by atoms with Gasteiger partial charge >= 0.3 is 13.8 Å². The summed E-state index contributed by atoms with van der Waals surface area (Å²) >= 11 is 0. The van der Waals surface area contributed by atoms with Crippen molar-refractivity contribution < 1.29 is 37.9 Å². The molecule has 3 heterocycles. The standard InChI is InChI=1S/C18H25N6O8P/c1-20-10-5-3-2-4-9(10)17(26)32-11-6-13(31-12(11)7-30-33(27,28)29)24-8-21-14-15(24)22-18(19)23-16(14)25/h2-5,8,11-15,18,20,22H,6-7,19H2,1H3,(H,23,25)(H2,27,28,29)/t11-,12-,13-,14?,15?,18?/m1/s1. The summed E-state index contributed by atoms with van der Waals surface area (Å²) in [6.45, 7) is -0.515. The van der Waals surface area contributed by atoms with Gasteiger partial charge in [-0.15, -0.1) is 0 Å². The number of hydrogen-bond donors (Lipinski definition) is 6. The molecule has 180 valence electrons. The fourth-order valence-corrected chi connectivity index (χ4v) is 4.32. The number of nitrogens with two attached hydrogens (primary N) is 1. The Morgan fingerprint density at radius 3 is 2.91 bits per heavy atom. The van der Waals surface area contributed by atoms with E-state index in [4.69, 9.17) is 25.0 Å². The van der Waals surface area contributed by atoms with Crippen LogP contribution in [0.1, 0.15) is 16.8 Å². The molecular weight excluding hydrogens is 459 g/mol. The number of fused-ring (bicyclic) bond motifs is 1. The number of rotatable bonds is 7. The fraction of sp³-hybridized carbons (Fsp3) is 0.500. The number of anilines is 1. The molecule has 1 amide bonds. The van der Waals surface area contributed by atoms with Crippen molar-refractivity contribution in [3.8, 4) is 0 Å². The van der Waals surface area contributed by atoms with Crippen molar-refractivity contribution in [1.29, 1.82) is 0 Å². The van der Waals surface area contributed by atoms with Crippen molar-refractivity contribution >= 4 is 31.7 Å². The predicted molar refractivity (Wildman–Crippen MR) is 114 cm³/mol. The monoisotopic (exact) mass is 484 g/mol. The molecule has 14 nitrogen and oxygen atoms in total. The molecule has 0 bridgehead atoms. The van der Waals surface area contributed by atoms with Gasteiger partial charge in [0.15, 0.2) is 6.04 Å².